The summed E-state index contributed by atoms with van der Waals surface area (Å²) in [5.74, 6) is -0.199. The molecule has 0 bridgehead atoms. The first-order valence-electron chi connectivity index (χ1n) is 7.75. The smallest absolute Gasteiger partial charge is 0.242 e. The molecular formula is C19H23N3O. The number of aliphatic imine (C=N–C) groups is 3. The lowest BCUT2D eigenvalue weighted by Gasteiger charge is -2.08. The van der Waals surface area contributed by atoms with Gasteiger partial charge in [0.25, 0.3) is 0 Å². The van der Waals surface area contributed by atoms with Gasteiger partial charge >= 0.3 is 0 Å². The minimum atomic E-state index is -0.199. The molecule has 1 aromatic carbocycles. The predicted octanol–water partition coefficient (Wildman–Crippen LogP) is 4.44. The molecule has 1 heterocycles. The summed E-state index contributed by atoms with van der Waals surface area (Å²) >= 11 is 0. The molecule has 120 valence electrons. The van der Waals surface area contributed by atoms with Crippen molar-refractivity contribution < 1.29 is 4.79 Å². The van der Waals surface area contributed by atoms with Crippen molar-refractivity contribution in [3.8, 4) is 0 Å². The average Bonchev–Trinajstić information content (AvgIpc) is 2.91. The monoisotopic (exact) mass is 309 g/mol. The molecule has 0 radical (unpaired) electrons. The van der Waals surface area contributed by atoms with Gasteiger partial charge in [-0.05, 0) is 45.7 Å². The van der Waals surface area contributed by atoms with Gasteiger partial charge in [0.05, 0.1) is 28.5 Å². The molecule has 4 nitrogen and oxygen atoms in total. The Hall–Kier alpha value is -2.36. The molecule has 0 atom stereocenters. The molecule has 0 aliphatic carbocycles. The fraction of sp³-hybridized carbons (Fsp3) is 0.368. The molecule has 0 spiro atoms. The van der Waals surface area contributed by atoms with E-state index in [2.05, 4.69) is 42.9 Å². The van der Waals surface area contributed by atoms with Crippen molar-refractivity contribution in [2.24, 2.45) is 15.0 Å². The van der Waals surface area contributed by atoms with E-state index in [-0.39, 0.29) is 5.91 Å². The summed E-state index contributed by atoms with van der Waals surface area (Å²) in [6, 6.07) is 4.28. The quantitative estimate of drug-likeness (QED) is 0.761. The van der Waals surface area contributed by atoms with E-state index >= 15 is 0 Å². The van der Waals surface area contributed by atoms with Crippen LogP contribution in [-0.2, 0) is 4.79 Å². The Balaban J connectivity index is 2.30. The second-order valence-electron chi connectivity index (χ2n) is 6.01. The summed E-state index contributed by atoms with van der Waals surface area (Å²) in [4.78, 5) is 24.4. The van der Waals surface area contributed by atoms with E-state index in [1.54, 1.807) is 0 Å². The number of amides is 1. The Morgan fingerprint density at radius 2 is 1.65 bits per heavy atom. The fourth-order valence-electron chi connectivity index (χ4n) is 2.76. The van der Waals surface area contributed by atoms with Crippen LogP contribution >= 0.6 is 0 Å². The highest BCUT2D eigenvalue weighted by molar-refractivity contribution is 6.44. The normalized spacial score (nSPS) is 15.6. The zero-order valence-corrected chi connectivity index (χ0v) is 14.7. The first-order valence-corrected chi connectivity index (χ1v) is 7.75. The molecule has 0 aromatic heterocycles. The Morgan fingerprint density at radius 3 is 2.22 bits per heavy atom. The Labute approximate surface area is 137 Å². The van der Waals surface area contributed by atoms with Gasteiger partial charge in [0.1, 0.15) is 0 Å². The Bertz CT molecular complexity index is 757. The van der Waals surface area contributed by atoms with Gasteiger partial charge in [-0.3, -0.25) is 9.79 Å². The van der Waals surface area contributed by atoms with Crippen LogP contribution in [0.2, 0.25) is 0 Å². The number of hydrogen-bond donors (Lipinski definition) is 0. The highest BCUT2D eigenvalue weighted by Gasteiger charge is 2.14. The second-order valence-corrected chi connectivity index (χ2v) is 6.01. The molecule has 1 aliphatic rings. The summed E-state index contributed by atoms with van der Waals surface area (Å²) in [5.41, 5.74) is 7.84. The van der Waals surface area contributed by atoms with Gasteiger partial charge in [-0.2, -0.15) is 0 Å². The van der Waals surface area contributed by atoms with Crippen LogP contribution in [0.3, 0.4) is 0 Å². The molecule has 1 aromatic rings. The zero-order valence-electron chi connectivity index (χ0n) is 14.7. The molecular weight excluding hydrogens is 286 g/mol. The molecule has 23 heavy (non-hydrogen) atoms. The Kier molecular flexibility index (Phi) is 5.04. The number of hydrogen-bond acceptors (Lipinski definition) is 3. The van der Waals surface area contributed by atoms with Crippen LogP contribution in [-0.4, -0.2) is 23.0 Å². The zero-order chi connectivity index (χ0) is 17.1. The highest BCUT2D eigenvalue weighted by atomic mass is 16.1. The standard InChI is InChI=1S/C19H23N3O/c1-11-9-12(2)19(13(3)10-11)21-15(5)18-8-7-17(22-18)14(4)20-16(6)23/h8-10H,7H2,1-6H3. The minimum absolute atomic E-state index is 0.199. The summed E-state index contributed by atoms with van der Waals surface area (Å²) in [6.45, 7) is 11.5. The third-order valence-corrected chi connectivity index (χ3v) is 3.77. The second kappa shape index (κ2) is 6.82. The van der Waals surface area contributed by atoms with E-state index in [1.807, 2.05) is 19.9 Å². The molecule has 2 rings (SSSR count). The summed E-state index contributed by atoms with van der Waals surface area (Å²) in [6.07, 6.45) is 2.73. The summed E-state index contributed by atoms with van der Waals surface area (Å²) < 4.78 is 0. The number of rotatable bonds is 3. The van der Waals surface area contributed by atoms with Crippen molar-refractivity contribution >= 4 is 28.7 Å². The lowest BCUT2D eigenvalue weighted by Crippen LogP contribution is -2.09. The molecule has 0 saturated heterocycles. The topological polar surface area (TPSA) is 54.1 Å². The number of allylic oxidation sites excluding steroid dienone is 2. The van der Waals surface area contributed by atoms with Crippen molar-refractivity contribution in [2.45, 2.75) is 48.0 Å². The predicted molar refractivity (Wildman–Crippen MR) is 97.3 cm³/mol. The van der Waals surface area contributed by atoms with Crippen molar-refractivity contribution in [1.29, 1.82) is 0 Å². The number of benzene rings is 1. The number of nitrogens with zero attached hydrogens (tertiary/aromatic N) is 3. The van der Waals surface area contributed by atoms with Gasteiger partial charge < -0.3 is 0 Å². The molecule has 0 saturated carbocycles. The number of carbonyl (C=O) groups excluding carboxylic acids is 1. The maximum Gasteiger partial charge on any atom is 0.242 e. The van der Waals surface area contributed by atoms with E-state index in [4.69, 9.17) is 4.99 Å². The molecule has 1 aliphatic heterocycles. The van der Waals surface area contributed by atoms with E-state index in [0.717, 1.165) is 22.8 Å². The maximum atomic E-state index is 11.1. The Morgan fingerprint density at radius 1 is 1.04 bits per heavy atom. The van der Waals surface area contributed by atoms with Crippen molar-refractivity contribution in [1.82, 2.24) is 0 Å². The van der Waals surface area contributed by atoms with E-state index in [9.17, 15) is 4.79 Å². The third kappa shape index (κ3) is 4.09. The molecule has 1 amide bonds. The molecule has 4 heteroatoms. The van der Waals surface area contributed by atoms with Crippen molar-refractivity contribution in [2.75, 3.05) is 0 Å². The number of aryl methyl sites for hydroxylation is 3. The van der Waals surface area contributed by atoms with Gasteiger partial charge in [0.15, 0.2) is 0 Å². The summed E-state index contributed by atoms with van der Waals surface area (Å²) in [5, 5.41) is 0. The fourth-order valence-corrected chi connectivity index (χ4v) is 2.76. The summed E-state index contributed by atoms with van der Waals surface area (Å²) in [7, 11) is 0. The first kappa shape index (κ1) is 17.0. The van der Waals surface area contributed by atoms with Gasteiger partial charge in [0.2, 0.25) is 5.91 Å². The van der Waals surface area contributed by atoms with Crippen molar-refractivity contribution in [3.63, 3.8) is 0 Å². The van der Waals surface area contributed by atoms with E-state index < -0.39 is 0 Å². The van der Waals surface area contributed by atoms with Gasteiger partial charge in [-0.15, -0.1) is 0 Å². The molecule has 0 unspecified atom stereocenters. The van der Waals surface area contributed by atoms with Crippen LogP contribution in [0.1, 0.15) is 43.9 Å². The van der Waals surface area contributed by atoms with E-state index in [1.165, 1.54) is 23.6 Å². The lowest BCUT2D eigenvalue weighted by molar-refractivity contribution is -0.115. The lowest BCUT2D eigenvalue weighted by atomic mass is 10.1. The van der Waals surface area contributed by atoms with Crippen LogP contribution < -0.4 is 0 Å². The van der Waals surface area contributed by atoms with Crippen LogP contribution in [0.4, 0.5) is 5.69 Å². The van der Waals surface area contributed by atoms with Crippen LogP contribution in [0.5, 0.6) is 0 Å². The SMILES string of the molecule is CC(=O)N=C(C)C1=NC(C(C)=Nc2c(C)cc(C)cc2C)=CC1. The van der Waals surface area contributed by atoms with E-state index in [0.29, 0.717) is 12.1 Å². The van der Waals surface area contributed by atoms with Crippen molar-refractivity contribution in [3.05, 3.63) is 40.6 Å². The largest absolute Gasteiger partial charge is 0.273 e. The maximum absolute atomic E-state index is 11.1. The van der Waals surface area contributed by atoms with Gasteiger partial charge in [-0.25, -0.2) is 9.98 Å². The minimum Gasteiger partial charge on any atom is -0.273 e. The highest BCUT2D eigenvalue weighted by Crippen LogP contribution is 2.26. The number of carbonyl (C=O) groups is 1. The van der Waals surface area contributed by atoms with Crippen LogP contribution in [0.25, 0.3) is 0 Å². The first-order chi connectivity index (χ1) is 10.8. The van der Waals surface area contributed by atoms with Crippen LogP contribution in [0.15, 0.2) is 38.9 Å². The van der Waals surface area contributed by atoms with Gasteiger partial charge in [-0.1, -0.05) is 23.8 Å². The van der Waals surface area contributed by atoms with Crippen LogP contribution in [0, 0.1) is 20.8 Å². The molecule has 0 N–H and O–H groups in total. The molecule has 0 fully saturated rings. The average molecular weight is 309 g/mol. The third-order valence-electron chi connectivity index (χ3n) is 3.77. The van der Waals surface area contributed by atoms with Gasteiger partial charge in [0, 0.05) is 13.3 Å².